The molecular weight excluding hydrogens is 292 g/mol. The Labute approximate surface area is 125 Å². The Balaban J connectivity index is 1.84. The second kappa shape index (κ2) is 5.82. The van der Waals surface area contributed by atoms with Crippen LogP contribution in [0.5, 0.6) is 5.75 Å². The van der Waals surface area contributed by atoms with Gasteiger partial charge in [-0.05, 0) is 18.6 Å². The first kappa shape index (κ1) is 16.1. The average Bonchev–Trinajstić information content (AvgIpc) is 2.40. The number of para-hydroxylation sites is 2. The van der Waals surface area contributed by atoms with Crippen molar-refractivity contribution in [3.8, 4) is 5.75 Å². The molecule has 1 saturated carbocycles. The summed E-state index contributed by atoms with van der Waals surface area (Å²) in [6.45, 7) is 3.71. The molecule has 0 bridgehead atoms. The van der Waals surface area contributed by atoms with Crippen LogP contribution in [0.3, 0.4) is 0 Å². The molecule has 0 aromatic heterocycles. The van der Waals surface area contributed by atoms with Gasteiger partial charge in [0.1, 0.15) is 12.4 Å². The number of nitrogens with one attached hydrogen (secondary N) is 1. The van der Waals surface area contributed by atoms with Crippen LogP contribution in [0.15, 0.2) is 24.3 Å². The van der Waals surface area contributed by atoms with E-state index in [1.165, 1.54) is 0 Å². The van der Waals surface area contributed by atoms with Crippen LogP contribution < -0.4 is 15.2 Å². The maximum atomic E-state index is 12.0. The molecule has 2 unspecified atom stereocenters. The molecule has 118 valence electrons. The summed E-state index contributed by atoms with van der Waals surface area (Å²) in [5, 5.41) is 9.62. The molecule has 1 aliphatic rings. The fraction of sp³-hybridized carbons (Fsp3) is 0.571. The molecule has 0 heterocycles. The van der Waals surface area contributed by atoms with Crippen LogP contribution in [0.25, 0.3) is 0 Å². The number of hydrogen-bond acceptors (Lipinski definition) is 5. The molecule has 0 spiro atoms. The van der Waals surface area contributed by atoms with Gasteiger partial charge in [0.05, 0.1) is 17.5 Å². The average molecular weight is 314 g/mol. The molecular formula is C14H22N2O4S. The molecule has 6 nitrogen and oxygen atoms in total. The van der Waals surface area contributed by atoms with E-state index in [0.717, 1.165) is 0 Å². The van der Waals surface area contributed by atoms with E-state index < -0.39 is 21.5 Å². The zero-order valence-corrected chi connectivity index (χ0v) is 13.1. The van der Waals surface area contributed by atoms with Gasteiger partial charge in [-0.1, -0.05) is 26.0 Å². The van der Waals surface area contributed by atoms with Crippen LogP contribution in [0, 0.1) is 5.41 Å². The van der Waals surface area contributed by atoms with Crippen molar-refractivity contribution in [1.29, 1.82) is 0 Å². The molecule has 2 atom stereocenters. The lowest BCUT2D eigenvalue weighted by Gasteiger charge is -2.49. The Morgan fingerprint density at radius 3 is 2.67 bits per heavy atom. The molecule has 0 amide bonds. The summed E-state index contributed by atoms with van der Waals surface area (Å²) in [4.78, 5) is 0. The normalized spacial score (nSPS) is 24.3. The van der Waals surface area contributed by atoms with E-state index in [0.29, 0.717) is 17.9 Å². The van der Waals surface area contributed by atoms with Crippen molar-refractivity contribution in [3.05, 3.63) is 24.3 Å². The van der Waals surface area contributed by atoms with Crippen LogP contribution >= 0.6 is 0 Å². The van der Waals surface area contributed by atoms with Crippen LogP contribution in [0.2, 0.25) is 0 Å². The molecule has 0 aliphatic heterocycles. The lowest BCUT2D eigenvalue weighted by Crippen LogP contribution is -2.61. The Morgan fingerprint density at radius 1 is 1.43 bits per heavy atom. The molecule has 7 heteroatoms. The fourth-order valence-corrected chi connectivity index (χ4v) is 3.51. The predicted molar refractivity (Wildman–Crippen MR) is 81.5 cm³/mol. The second-order valence-electron chi connectivity index (χ2n) is 5.95. The molecule has 1 aromatic carbocycles. The quantitative estimate of drug-likeness (QED) is 0.672. The first-order chi connectivity index (χ1) is 9.72. The number of sulfonamides is 1. The standard InChI is InChI=1S/C14H22N2O4S/c1-14(2)12(9-13(14)17)16-21(18,19)8-7-20-11-6-4-3-5-10(11)15/h3-6,12-13,16-17H,7-9,15H2,1-2H3. The number of aliphatic hydroxyl groups excluding tert-OH is 1. The van der Waals surface area contributed by atoms with Gasteiger partial charge >= 0.3 is 0 Å². The molecule has 4 N–H and O–H groups in total. The van der Waals surface area contributed by atoms with E-state index >= 15 is 0 Å². The third-order valence-electron chi connectivity index (χ3n) is 4.07. The van der Waals surface area contributed by atoms with Crippen molar-refractivity contribution in [2.45, 2.75) is 32.4 Å². The number of rotatable bonds is 6. The number of ether oxygens (including phenoxy) is 1. The Hall–Kier alpha value is -1.31. The third-order valence-corrected chi connectivity index (χ3v) is 5.41. The van der Waals surface area contributed by atoms with Crippen LogP contribution in [0.4, 0.5) is 5.69 Å². The van der Waals surface area contributed by atoms with Crippen LogP contribution in [-0.2, 0) is 10.0 Å². The van der Waals surface area contributed by atoms with Crippen molar-refractivity contribution in [2.24, 2.45) is 5.41 Å². The number of benzene rings is 1. The maximum Gasteiger partial charge on any atom is 0.215 e. The maximum absolute atomic E-state index is 12.0. The Bertz CT molecular complexity index is 601. The highest BCUT2D eigenvalue weighted by molar-refractivity contribution is 7.89. The summed E-state index contributed by atoms with van der Waals surface area (Å²) in [5.41, 5.74) is 5.76. The highest BCUT2D eigenvalue weighted by atomic mass is 32.2. The number of aliphatic hydroxyl groups is 1. The zero-order valence-electron chi connectivity index (χ0n) is 12.2. The summed E-state index contributed by atoms with van der Waals surface area (Å²) >= 11 is 0. The molecule has 21 heavy (non-hydrogen) atoms. The topological polar surface area (TPSA) is 102 Å². The van der Waals surface area contributed by atoms with Gasteiger partial charge in [0, 0.05) is 11.5 Å². The van der Waals surface area contributed by atoms with Gasteiger partial charge in [0.2, 0.25) is 10.0 Å². The van der Waals surface area contributed by atoms with E-state index in [2.05, 4.69) is 4.72 Å². The summed E-state index contributed by atoms with van der Waals surface area (Å²) < 4.78 is 32.0. The van der Waals surface area contributed by atoms with E-state index in [1.54, 1.807) is 24.3 Å². The lowest BCUT2D eigenvalue weighted by atomic mass is 9.65. The number of nitrogens with two attached hydrogens (primary N) is 1. The summed E-state index contributed by atoms with van der Waals surface area (Å²) in [6.07, 6.45) is -0.0239. The van der Waals surface area contributed by atoms with Gasteiger partial charge < -0.3 is 15.6 Å². The molecule has 0 radical (unpaired) electrons. The highest BCUT2D eigenvalue weighted by Gasteiger charge is 2.48. The van der Waals surface area contributed by atoms with Gasteiger partial charge in [0.25, 0.3) is 0 Å². The summed E-state index contributed by atoms with van der Waals surface area (Å²) in [6, 6.07) is 6.71. The van der Waals surface area contributed by atoms with E-state index in [4.69, 9.17) is 10.5 Å². The molecule has 1 fully saturated rings. The van der Waals surface area contributed by atoms with E-state index in [1.807, 2.05) is 13.8 Å². The van der Waals surface area contributed by atoms with Gasteiger partial charge in [-0.25, -0.2) is 13.1 Å². The summed E-state index contributed by atoms with van der Waals surface area (Å²) in [7, 11) is -3.45. The SMILES string of the molecule is CC1(C)C(O)CC1NS(=O)(=O)CCOc1ccccc1N. The van der Waals surface area contributed by atoms with Crippen molar-refractivity contribution in [2.75, 3.05) is 18.1 Å². The molecule has 2 rings (SSSR count). The van der Waals surface area contributed by atoms with Crippen molar-refractivity contribution < 1.29 is 18.3 Å². The lowest BCUT2D eigenvalue weighted by molar-refractivity contribution is -0.0645. The van der Waals surface area contributed by atoms with Crippen LogP contribution in [-0.4, -0.2) is 38.0 Å². The molecule has 1 aliphatic carbocycles. The smallest absolute Gasteiger partial charge is 0.215 e. The fourth-order valence-electron chi connectivity index (χ4n) is 2.25. The van der Waals surface area contributed by atoms with Gasteiger partial charge in [-0.3, -0.25) is 0 Å². The van der Waals surface area contributed by atoms with Crippen molar-refractivity contribution >= 4 is 15.7 Å². The van der Waals surface area contributed by atoms with E-state index in [9.17, 15) is 13.5 Å². The number of hydrogen-bond donors (Lipinski definition) is 3. The molecule has 1 aromatic rings. The van der Waals surface area contributed by atoms with Gasteiger partial charge in [-0.2, -0.15) is 0 Å². The third kappa shape index (κ3) is 3.66. The largest absolute Gasteiger partial charge is 0.490 e. The van der Waals surface area contributed by atoms with Gasteiger partial charge in [0.15, 0.2) is 0 Å². The predicted octanol–water partition coefficient (Wildman–Crippen LogP) is 0.726. The minimum absolute atomic E-state index is 0.0270. The monoisotopic (exact) mass is 314 g/mol. The van der Waals surface area contributed by atoms with Crippen molar-refractivity contribution in [1.82, 2.24) is 4.72 Å². The number of nitrogen functional groups attached to an aromatic ring is 1. The zero-order chi connectivity index (χ0) is 15.7. The minimum Gasteiger partial charge on any atom is -0.490 e. The highest BCUT2D eigenvalue weighted by Crippen LogP contribution is 2.40. The van der Waals surface area contributed by atoms with Crippen molar-refractivity contribution in [3.63, 3.8) is 0 Å². The van der Waals surface area contributed by atoms with Crippen LogP contribution in [0.1, 0.15) is 20.3 Å². The summed E-state index contributed by atoms with van der Waals surface area (Å²) in [5.74, 6) is 0.330. The Kier molecular flexibility index (Phi) is 4.46. The van der Waals surface area contributed by atoms with Gasteiger partial charge in [-0.15, -0.1) is 0 Å². The Morgan fingerprint density at radius 2 is 2.10 bits per heavy atom. The number of anilines is 1. The molecule has 0 saturated heterocycles. The minimum atomic E-state index is -3.45. The first-order valence-electron chi connectivity index (χ1n) is 6.88. The first-order valence-corrected chi connectivity index (χ1v) is 8.53. The van der Waals surface area contributed by atoms with E-state index in [-0.39, 0.29) is 18.4 Å². The second-order valence-corrected chi connectivity index (χ2v) is 7.82.